The van der Waals surface area contributed by atoms with Gasteiger partial charge in [0.15, 0.2) is 6.23 Å². The van der Waals surface area contributed by atoms with Gasteiger partial charge in [-0.05, 0) is 19.4 Å². The predicted octanol–water partition coefficient (Wildman–Crippen LogP) is -0.0390. The largest absolute Gasteiger partial charge is 0.388 e. The van der Waals surface area contributed by atoms with Gasteiger partial charge in [0.25, 0.3) is 0 Å². The van der Waals surface area contributed by atoms with Gasteiger partial charge in [0.05, 0.1) is 11.5 Å². The molecule has 3 heterocycles. The lowest BCUT2D eigenvalue weighted by atomic mass is 10.1. The summed E-state index contributed by atoms with van der Waals surface area (Å²) in [4.78, 5) is 8.15. The highest BCUT2D eigenvalue weighted by atomic mass is 16.6. The van der Waals surface area contributed by atoms with Gasteiger partial charge in [-0.25, -0.2) is 9.97 Å². The Morgan fingerprint density at radius 3 is 2.68 bits per heavy atom. The van der Waals surface area contributed by atoms with Crippen molar-refractivity contribution in [1.82, 2.24) is 14.5 Å². The molecule has 1 fully saturated rings. The van der Waals surface area contributed by atoms with Crippen LogP contribution >= 0.6 is 0 Å². The van der Waals surface area contributed by atoms with Crippen LogP contribution < -0.4 is 5.73 Å². The zero-order chi connectivity index (χ0) is 13.7. The SMILES string of the molecule is Cc1cn(C2O[C@H](C)[C@@H](O)[C@H]2O)c2ncnc(N)c12. The first kappa shape index (κ1) is 12.3. The quantitative estimate of drug-likeness (QED) is 0.667. The summed E-state index contributed by atoms with van der Waals surface area (Å²) in [6.07, 6.45) is 0.152. The molecule has 3 rings (SSSR count). The number of fused-ring (bicyclic) bond motifs is 1. The van der Waals surface area contributed by atoms with Gasteiger partial charge in [0.2, 0.25) is 0 Å². The molecule has 2 aromatic rings. The molecule has 0 saturated carbocycles. The summed E-state index contributed by atoms with van der Waals surface area (Å²) >= 11 is 0. The molecule has 0 amide bonds. The second-order valence-electron chi connectivity index (χ2n) is 4.89. The Balaban J connectivity index is 2.14. The standard InChI is InChI=1S/C12H16N4O3/c1-5-3-16(11-7(5)10(13)14-4-15-11)12-9(18)8(17)6(2)19-12/h3-4,6,8-9,12,17-18H,1-2H3,(H2,13,14,15)/t6-,8-,9-,12?/m1/s1. The van der Waals surface area contributed by atoms with Gasteiger partial charge in [-0.15, -0.1) is 0 Å². The molecule has 102 valence electrons. The van der Waals surface area contributed by atoms with E-state index in [-0.39, 0.29) is 0 Å². The number of aryl methyl sites for hydroxylation is 1. The summed E-state index contributed by atoms with van der Waals surface area (Å²) in [6, 6.07) is 0. The van der Waals surface area contributed by atoms with Crippen LogP contribution in [0, 0.1) is 6.92 Å². The molecule has 19 heavy (non-hydrogen) atoms. The molecule has 1 aliphatic heterocycles. The molecule has 0 spiro atoms. The molecule has 1 aliphatic rings. The van der Waals surface area contributed by atoms with E-state index in [9.17, 15) is 10.2 Å². The normalized spacial score (nSPS) is 31.2. The molecule has 0 bridgehead atoms. The highest BCUT2D eigenvalue weighted by Crippen LogP contribution is 2.33. The number of anilines is 1. The van der Waals surface area contributed by atoms with Gasteiger partial charge >= 0.3 is 0 Å². The lowest BCUT2D eigenvalue weighted by Crippen LogP contribution is -2.30. The van der Waals surface area contributed by atoms with Crippen molar-refractivity contribution in [2.45, 2.75) is 38.4 Å². The second kappa shape index (κ2) is 4.16. The molecule has 0 aliphatic carbocycles. The smallest absolute Gasteiger partial charge is 0.164 e. The first-order valence-electron chi connectivity index (χ1n) is 6.10. The average Bonchev–Trinajstić information content (AvgIpc) is 2.83. The maximum atomic E-state index is 10.0. The third-order valence-corrected chi connectivity index (χ3v) is 3.58. The Morgan fingerprint density at radius 1 is 1.32 bits per heavy atom. The zero-order valence-electron chi connectivity index (χ0n) is 10.7. The number of hydrogen-bond acceptors (Lipinski definition) is 6. The first-order valence-corrected chi connectivity index (χ1v) is 6.10. The number of hydrogen-bond donors (Lipinski definition) is 3. The van der Waals surface area contributed by atoms with Crippen molar-refractivity contribution in [2.75, 3.05) is 5.73 Å². The van der Waals surface area contributed by atoms with E-state index in [1.54, 1.807) is 17.7 Å². The van der Waals surface area contributed by atoms with Gasteiger partial charge in [-0.1, -0.05) is 0 Å². The van der Waals surface area contributed by atoms with Crippen molar-refractivity contribution in [3.05, 3.63) is 18.1 Å². The highest BCUT2D eigenvalue weighted by molar-refractivity contribution is 5.89. The number of nitrogens with zero attached hydrogens (tertiary/aromatic N) is 3. The number of ether oxygens (including phenoxy) is 1. The summed E-state index contributed by atoms with van der Waals surface area (Å²) < 4.78 is 7.29. The molecule has 7 nitrogen and oxygen atoms in total. The first-order chi connectivity index (χ1) is 9.00. The van der Waals surface area contributed by atoms with Crippen LogP contribution in [0.3, 0.4) is 0 Å². The van der Waals surface area contributed by atoms with E-state index in [0.29, 0.717) is 11.5 Å². The number of nitrogen functional groups attached to an aromatic ring is 1. The van der Waals surface area contributed by atoms with Crippen molar-refractivity contribution in [3.8, 4) is 0 Å². The van der Waals surface area contributed by atoms with Crippen LogP contribution in [-0.4, -0.2) is 43.1 Å². The molecule has 0 aromatic carbocycles. The van der Waals surface area contributed by atoms with Crippen LogP contribution in [0.4, 0.5) is 5.82 Å². The number of nitrogens with two attached hydrogens (primary N) is 1. The molecule has 1 unspecified atom stereocenters. The van der Waals surface area contributed by atoms with Gasteiger partial charge in [-0.3, -0.25) is 0 Å². The molecule has 1 saturated heterocycles. The Labute approximate surface area is 109 Å². The van der Waals surface area contributed by atoms with Crippen LogP contribution in [0.25, 0.3) is 11.0 Å². The van der Waals surface area contributed by atoms with Crippen LogP contribution in [0.2, 0.25) is 0 Å². The summed E-state index contributed by atoms with van der Waals surface area (Å²) in [7, 11) is 0. The molecule has 7 heteroatoms. The van der Waals surface area contributed by atoms with E-state index in [1.165, 1.54) is 6.33 Å². The third kappa shape index (κ3) is 1.70. The van der Waals surface area contributed by atoms with Crippen LogP contribution in [0.15, 0.2) is 12.5 Å². The van der Waals surface area contributed by atoms with Gasteiger partial charge in [0.1, 0.15) is 30.0 Å². The highest BCUT2D eigenvalue weighted by Gasteiger charge is 2.41. The Kier molecular flexibility index (Phi) is 2.70. The van der Waals surface area contributed by atoms with E-state index < -0.39 is 24.5 Å². The van der Waals surface area contributed by atoms with Crippen LogP contribution in [-0.2, 0) is 4.74 Å². The van der Waals surface area contributed by atoms with Crippen molar-refractivity contribution in [3.63, 3.8) is 0 Å². The lowest BCUT2D eigenvalue weighted by Gasteiger charge is -2.17. The van der Waals surface area contributed by atoms with Crippen molar-refractivity contribution in [2.24, 2.45) is 0 Å². The second-order valence-corrected chi connectivity index (χ2v) is 4.89. The number of aromatic nitrogens is 3. The summed E-state index contributed by atoms with van der Waals surface area (Å²) in [6.45, 7) is 3.61. The molecule has 4 N–H and O–H groups in total. The van der Waals surface area contributed by atoms with E-state index >= 15 is 0 Å². The number of rotatable bonds is 1. The molecule has 0 radical (unpaired) electrons. The minimum Gasteiger partial charge on any atom is -0.388 e. The Hall–Kier alpha value is -1.70. The average molecular weight is 264 g/mol. The summed E-state index contributed by atoms with van der Waals surface area (Å²) in [5.41, 5.74) is 7.33. The predicted molar refractivity (Wildman–Crippen MR) is 68.3 cm³/mol. The molecular formula is C12H16N4O3. The van der Waals surface area contributed by atoms with Gasteiger partial charge < -0.3 is 25.3 Å². The lowest BCUT2D eigenvalue weighted by molar-refractivity contribution is -0.0296. The Morgan fingerprint density at radius 2 is 2.05 bits per heavy atom. The Bertz CT molecular complexity index is 627. The molecule has 4 atom stereocenters. The monoisotopic (exact) mass is 264 g/mol. The van der Waals surface area contributed by atoms with Crippen LogP contribution in [0.5, 0.6) is 0 Å². The fourth-order valence-electron chi connectivity index (χ4n) is 2.55. The van der Waals surface area contributed by atoms with Crippen molar-refractivity contribution in [1.29, 1.82) is 0 Å². The fourth-order valence-corrected chi connectivity index (χ4v) is 2.55. The maximum absolute atomic E-state index is 10.0. The van der Waals surface area contributed by atoms with Crippen molar-refractivity contribution < 1.29 is 14.9 Å². The van der Waals surface area contributed by atoms with Crippen LogP contribution in [0.1, 0.15) is 18.7 Å². The maximum Gasteiger partial charge on any atom is 0.164 e. The number of aliphatic hydroxyl groups is 2. The zero-order valence-corrected chi connectivity index (χ0v) is 10.7. The third-order valence-electron chi connectivity index (χ3n) is 3.58. The van der Waals surface area contributed by atoms with Crippen molar-refractivity contribution >= 4 is 16.9 Å². The minimum absolute atomic E-state index is 0.391. The van der Waals surface area contributed by atoms with E-state index in [0.717, 1.165) is 10.9 Å². The number of aliphatic hydroxyl groups excluding tert-OH is 2. The van der Waals surface area contributed by atoms with E-state index in [2.05, 4.69) is 9.97 Å². The van der Waals surface area contributed by atoms with E-state index in [4.69, 9.17) is 10.5 Å². The molecular weight excluding hydrogens is 248 g/mol. The van der Waals surface area contributed by atoms with E-state index in [1.807, 2.05) is 6.92 Å². The minimum atomic E-state index is -0.999. The molecule has 2 aromatic heterocycles. The topological polar surface area (TPSA) is 106 Å². The van der Waals surface area contributed by atoms with Gasteiger partial charge in [-0.2, -0.15) is 0 Å². The summed E-state index contributed by atoms with van der Waals surface area (Å²) in [5.74, 6) is 0.391. The van der Waals surface area contributed by atoms with Gasteiger partial charge in [0, 0.05) is 6.20 Å². The summed E-state index contributed by atoms with van der Waals surface area (Å²) in [5, 5.41) is 20.6. The fraction of sp³-hybridized carbons (Fsp3) is 0.500.